The highest BCUT2D eigenvalue weighted by atomic mass is 19.3. The number of alkyl halides is 2. The number of nitrogens with zero attached hydrogens (tertiary/aromatic N) is 6. The number of hydrogen-bond donors (Lipinski definition) is 2. The van der Waals surface area contributed by atoms with E-state index in [0.717, 1.165) is 0 Å². The fourth-order valence-corrected chi connectivity index (χ4v) is 4.03. The van der Waals surface area contributed by atoms with Gasteiger partial charge in [-0.05, 0) is 55.3 Å². The predicted octanol–water partition coefficient (Wildman–Crippen LogP) is 2.25. The van der Waals surface area contributed by atoms with Gasteiger partial charge in [-0.15, -0.1) is 0 Å². The van der Waals surface area contributed by atoms with Crippen molar-refractivity contribution in [2.75, 3.05) is 0 Å². The van der Waals surface area contributed by atoms with E-state index in [-0.39, 0.29) is 18.2 Å². The number of carbonyl (C=O) groups excluding carboxylic acids is 2. The van der Waals surface area contributed by atoms with Crippen LogP contribution in [-0.4, -0.2) is 42.6 Å². The van der Waals surface area contributed by atoms with Crippen molar-refractivity contribution in [2.45, 2.75) is 57.5 Å². The minimum absolute atomic E-state index is 0.0671. The van der Waals surface area contributed by atoms with Crippen LogP contribution in [-0.2, 0) is 11.3 Å². The molecule has 2 fully saturated rings. The maximum Gasteiger partial charge on any atom is 0.324 e. The van der Waals surface area contributed by atoms with Crippen molar-refractivity contribution in [3.63, 3.8) is 0 Å². The molecule has 0 radical (unpaired) electrons. The number of hydrogen-bond acceptors (Lipinski definition) is 8. The highest BCUT2D eigenvalue weighted by Crippen LogP contribution is 2.54. The van der Waals surface area contributed by atoms with E-state index < -0.39 is 35.6 Å². The van der Waals surface area contributed by atoms with Crippen molar-refractivity contribution in [3.8, 4) is 6.07 Å². The van der Waals surface area contributed by atoms with Gasteiger partial charge in [0.25, 0.3) is 11.8 Å². The van der Waals surface area contributed by atoms with Crippen LogP contribution in [0.3, 0.4) is 0 Å². The Labute approximate surface area is 197 Å². The summed E-state index contributed by atoms with van der Waals surface area (Å²) in [6.45, 7) is 1.66. The molecule has 1 unspecified atom stereocenters. The Kier molecular flexibility index (Phi) is 5.46. The van der Waals surface area contributed by atoms with Crippen molar-refractivity contribution in [1.29, 1.82) is 5.26 Å². The molecular formula is C22H22F2N8O3. The zero-order valence-corrected chi connectivity index (χ0v) is 18.8. The number of nitrogens with one attached hydrogen (secondary N) is 2. The van der Waals surface area contributed by atoms with Gasteiger partial charge in [-0.2, -0.15) is 19.1 Å². The lowest BCUT2D eigenvalue weighted by Gasteiger charge is -2.26. The van der Waals surface area contributed by atoms with E-state index >= 15 is 0 Å². The Morgan fingerprint density at radius 2 is 2.14 bits per heavy atom. The summed E-state index contributed by atoms with van der Waals surface area (Å²) in [7, 11) is 0. The topological polar surface area (TPSA) is 151 Å². The fraction of sp³-hybridized carbons (Fsp3) is 0.500. The number of nitriles is 1. The first-order valence-electron chi connectivity index (χ1n) is 11.2. The van der Waals surface area contributed by atoms with Gasteiger partial charge in [0.05, 0.1) is 42.2 Å². The van der Waals surface area contributed by atoms with Gasteiger partial charge in [0.2, 0.25) is 0 Å². The van der Waals surface area contributed by atoms with Crippen molar-refractivity contribution in [2.24, 2.45) is 11.3 Å². The second-order valence-corrected chi connectivity index (χ2v) is 9.23. The molecule has 3 aromatic heterocycles. The fourth-order valence-electron chi connectivity index (χ4n) is 4.03. The van der Waals surface area contributed by atoms with Crippen LogP contribution in [0.25, 0.3) is 5.65 Å². The highest BCUT2D eigenvalue weighted by molar-refractivity contribution is 5.92. The Balaban J connectivity index is 1.34. The molecule has 35 heavy (non-hydrogen) atoms. The van der Waals surface area contributed by atoms with Gasteiger partial charge in [-0.25, -0.2) is 14.1 Å². The summed E-state index contributed by atoms with van der Waals surface area (Å²) in [4.78, 5) is 29.1. The summed E-state index contributed by atoms with van der Waals surface area (Å²) in [6, 6.07) is 2.85. The molecule has 0 bridgehead atoms. The predicted molar refractivity (Wildman–Crippen MR) is 114 cm³/mol. The lowest BCUT2D eigenvalue weighted by atomic mass is 9.92. The second kappa shape index (κ2) is 8.37. The van der Waals surface area contributed by atoms with Crippen LogP contribution in [0.4, 0.5) is 8.78 Å². The van der Waals surface area contributed by atoms with Crippen LogP contribution in [0.1, 0.15) is 65.6 Å². The number of aromatic nitrogens is 5. The van der Waals surface area contributed by atoms with Crippen molar-refractivity contribution >= 4 is 17.5 Å². The van der Waals surface area contributed by atoms with Crippen LogP contribution in [0, 0.1) is 29.6 Å². The third kappa shape index (κ3) is 4.55. The molecule has 3 heterocycles. The van der Waals surface area contributed by atoms with Crippen LogP contribution >= 0.6 is 0 Å². The molecule has 13 heteroatoms. The Hall–Kier alpha value is -3.95. The van der Waals surface area contributed by atoms with E-state index in [0.29, 0.717) is 48.3 Å². The zero-order chi connectivity index (χ0) is 24.8. The Morgan fingerprint density at radius 3 is 2.77 bits per heavy atom. The number of imidazole rings is 1. The van der Waals surface area contributed by atoms with E-state index in [1.54, 1.807) is 19.2 Å². The lowest BCUT2D eigenvalue weighted by molar-refractivity contribution is -0.148. The Bertz CT molecular complexity index is 1340. The van der Waals surface area contributed by atoms with Gasteiger partial charge < -0.3 is 10.6 Å². The third-order valence-electron chi connectivity index (χ3n) is 6.44. The summed E-state index contributed by atoms with van der Waals surface area (Å²) in [5.74, 6) is -5.49. The summed E-state index contributed by atoms with van der Waals surface area (Å²) >= 11 is 0. The largest absolute Gasteiger partial charge is 0.345 e. The molecule has 2 amide bonds. The Morgan fingerprint density at radius 1 is 1.37 bits per heavy atom. The molecule has 5 rings (SSSR count). The molecule has 3 aromatic rings. The minimum Gasteiger partial charge on any atom is -0.345 e. The molecule has 2 aliphatic rings. The molecule has 2 saturated carbocycles. The number of halogens is 2. The molecular weight excluding hydrogens is 462 g/mol. The number of rotatable bonds is 9. The first-order chi connectivity index (χ1) is 16.7. The monoisotopic (exact) mass is 484 g/mol. The molecule has 2 N–H and O–H groups in total. The van der Waals surface area contributed by atoms with Crippen molar-refractivity contribution in [3.05, 3.63) is 41.1 Å². The molecule has 182 valence electrons. The van der Waals surface area contributed by atoms with Crippen molar-refractivity contribution < 1.29 is 23.0 Å². The lowest BCUT2D eigenvalue weighted by Crippen LogP contribution is -2.44. The van der Waals surface area contributed by atoms with Crippen LogP contribution in [0.5, 0.6) is 0 Å². The van der Waals surface area contributed by atoms with E-state index in [1.807, 2.05) is 0 Å². The second-order valence-electron chi connectivity index (χ2n) is 9.23. The SMILES string of the molecule is Cc1nonc1C(=O)NCc1cn2ncc(C(NC(=O)C(F)(F)CC3CC3)C3(C#N)CC3)cc2n1. The van der Waals surface area contributed by atoms with Crippen LogP contribution in [0.2, 0.25) is 0 Å². The first-order valence-corrected chi connectivity index (χ1v) is 11.2. The summed E-state index contributed by atoms with van der Waals surface area (Å²) in [5.41, 5.74) is 0.734. The summed E-state index contributed by atoms with van der Waals surface area (Å²) in [6.07, 6.45) is 4.91. The smallest absolute Gasteiger partial charge is 0.324 e. The van der Waals surface area contributed by atoms with Crippen molar-refractivity contribution in [1.82, 2.24) is 35.5 Å². The van der Waals surface area contributed by atoms with Gasteiger partial charge in [-0.3, -0.25) is 9.59 Å². The molecule has 0 aliphatic heterocycles. The molecule has 0 spiro atoms. The van der Waals surface area contributed by atoms with E-state index in [2.05, 4.69) is 41.7 Å². The third-order valence-corrected chi connectivity index (χ3v) is 6.44. The molecule has 11 nitrogen and oxygen atoms in total. The van der Waals surface area contributed by atoms with E-state index in [4.69, 9.17) is 0 Å². The molecule has 0 aromatic carbocycles. The number of aryl methyl sites for hydroxylation is 1. The average molecular weight is 484 g/mol. The average Bonchev–Trinajstić information content (AvgIpc) is 3.73. The number of amides is 2. The van der Waals surface area contributed by atoms with Gasteiger partial charge in [0, 0.05) is 6.42 Å². The van der Waals surface area contributed by atoms with Gasteiger partial charge in [0.15, 0.2) is 11.3 Å². The maximum absolute atomic E-state index is 14.5. The quantitative estimate of drug-likeness (QED) is 0.469. The molecule has 1 atom stereocenters. The normalized spacial score (nSPS) is 17.5. The van der Waals surface area contributed by atoms with Gasteiger partial charge in [-0.1, -0.05) is 5.16 Å². The number of carbonyl (C=O) groups is 2. The number of fused-ring (bicyclic) bond motifs is 1. The zero-order valence-electron chi connectivity index (χ0n) is 18.8. The standard InChI is InChI=1S/C22H22F2N8O3/c1-12-17(31-35-30-12)19(33)26-9-15-10-32-16(28-15)6-14(8-27-32)18(21(11-25)4-5-21)29-20(34)22(23,24)7-13-2-3-13/h6,8,10,13,18H,2-5,7,9H2,1H3,(H,26,33)(H,29,34). The van der Waals surface area contributed by atoms with Crippen LogP contribution in [0.15, 0.2) is 23.1 Å². The summed E-state index contributed by atoms with van der Waals surface area (Å²) < 4.78 is 34.9. The maximum atomic E-state index is 14.5. The molecule has 0 saturated heterocycles. The van der Waals surface area contributed by atoms with E-state index in [9.17, 15) is 23.6 Å². The highest BCUT2D eigenvalue weighted by Gasteiger charge is 2.54. The minimum atomic E-state index is -3.50. The molecule has 2 aliphatic carbocycles. The summed E-state index contributed by atoms with van der Waals surface area (Å²) in [5, 5.41) is 26.2. The van der Waals surface area contributed by atoms with Crippen LogP contribution < -0.4 is 10.6 Å². The van der Waals surface area contributed by atoms with Gasteiger partial charge in [0.1, 0.15) is 5.69 Å². The van der Waals surface area contributed by atoms with E-state index in [1.165, 1.54) is 10.7 Å². The first kappa shape index (κ1) is 22.8. The van der Waals surface area contributed by atoms with Gasteiger partial charge >= 0.3 is 5.92 Å².